The Morgan fingerprint density at radius 2 is 0.562 bits per heavy atom. The number of hydrogen-bond acceptors (Lipinski definition) is 12. The SMILES string of the molecule is C=CCOC(=O)c1cc(C(=O)OCC=C)c(C(=O)OCC=C)cc1C(=O)OCC=C.C=CCOC(=O)c1ccccc1C(=O)OCC=C. The lowest BCUT2D eigenvalue weighted by Gasteiger charge is -2.14. The maximum atomic E-state index is 12.4. The van der Waals surface area contributed by atoms with Gasteiger partial charge < -0.3 is 28.4 Å². The number of esters is 6. The molecule has 0 amide bonds. The monoisotopic (exact) mass is 660 g/mol. The summed E-state index contributed by atoms with van der Waals surface area (Å²) in [5, 5.41) is 0. The van der Waals surface area contributed by atoms with Crippen molar-refractivity contribution in [1.29, 1.82) is 0 Å². The minimum Gasteiger partial charge on any atom is -0.458 e. The van der Waals surface area contributed by atoms with Crippen molar-refractivity contribution in [2.75, 3.05) is 39.6 Å². The van der Waals surface area contributed by atoms with Crippen molar-refractivity contribution in [2.45, 2.75) is 0 Å². The second kappa shape index (κ2) is 22.2. The smallest absolute Gasteiger partial charge is 0.339 e. The van der Waals surface area contributed by atoms with Gasteiger partial charge in [0.2, 0.25) is 0 Å². The minimum absolute atomic E-state index is 0.0921. The van der Waals surface area contributed by atoms with Gasteiger partial charge in [0, 0.05) is 0 Å². The van der Waals surface area contributed by atoms with E-state index in [4.69, 9.17) is 28.4 Å². The molecule has 0 saturated carbocycles. The molecule has 2 aromatic rings. The summed E-state index contributed by atoms with van der Waals surface area (Å²) in [5.41, 5.74) is -0.830. The van der Waals surface area contributed by atoms with Crippen molar-refractivity contribution in [3.63, 3.8) is 0 Å². The second-order valence-corrected chi connectivity index (χ2v) is 8.81. The van der Waals surface area contributed by atoms with Crippen molar-refractivity contribution in [3.05, 3.63) is 146 Å². The molecule has 48 heavy (non-hydrogen) atoms. The third kappa shape index (κ3) is 12.6. The predicted octanol–water partition coefficient (Wildman–Crippen LogP) is 5.43. The molecule has 0 heterocycles. The van der Waals surface area contributed by atoms with E-state index >= 15 is 0 Å². The number of rotatable bonds is 18. The fraction of sp³-hybridized carbons (Fsp3) is 0.167. The van der Waals surface area contributed by atoms with Gasteiger partial charge in [-0.1, -0.05) is 88.1 Å². The molecule has 0 aliphatic heterocycles. The fourth-order valence-corrected chi connectivity index (χ4v) is 3.39. The Morgan fingerprint density at radius 3 is 0.750 bits per heavy atom. The predicted molar refractivity (Wildman–Crippen MR) is 176 cm³/mol. The third-order valence-corrected chi connectivity index (χ3v) is 5.40. The molecular formula is C36H36O12. The lowest BCUT2D eigenvalue weighted by molar-refractivity contribution is 0.0487. The average molecular weight is 661 g/mol. The van der Waals surface area contributed by atoms with Gasteiger partial charge in [-0.05, 0) is 24.3 Å². The van der Waals surface area contributed by atoms with Crippen LogP contribution in [0.1, 0.15) is 62.1 Å². The summed E-state index contributed by atoms with van der Waals surface area (Å²) in [4.78, 5) is 73.2. The number of hydrogen-bond donors (Lipinski definition) is 0. The van der Waals surface area contributed by atoms with E-state index in [0.717, 1.165) is 12.1 Å². The van der Waals surface area contributed by atoms with Gasteiger partial charge in [-0.2, -0.15) is 0 Å². The van der Waals surface area contributed by atoms with E-state index in [1.54, 1.807) is 12.1 Å². The zero-order valence-electron chi connectivity index (χ0n) is 26.3. The molecule has 0 aliphatic carbocycles. The van der Waals surface area contributed by atoms with E-state index in [2.05, 4.69) is 39.5 Å². The van der Waals surface area contributed by atoms with Crippen molar-refractivity contribution >= 4 is 35.8 Å². The highest BCUT2D eigenvalue weighted by molar-refractivity contribution is 6.10. The number of ether oxygens (including phenoxy) is 6. The van der Waals surface area contributed by atoms with E-state index in [-0.39, 0.29) is 73.0 Å². The highest BCUT2D eigenvalue weighted by atomic mass is 16.6. The van der Waals surface area contributed by atoms with Crippen molar-refractivity contribution < 1.29 is 57.2 Å². The summed E-state index contributed by atoms with van der Waals surface area (Å²) < 4.78 is 29.7. The van der Waals surface area contributed by atoms with Crippen molar-refractivity contribution in [2.24, 2.45) is 0 Å². The molecule has 0 spiro atoms. The largest absolute Gasteiger partial charge is 0.458 e. The molecule has 0 atom stereocenters. The van der Waals surface area contributed by atoms with Gasteiger partial charge in [0.25, 0.3) is 0 Å². The fourth-order valence-electron chi connectivity index (χ4n) is 3.39. The highest BCUT2D eigenvalue weighted by Crippen LogP contribution is 2.22. The van der Waals surface area contributed by atoms with E-state index in [1.807, 2.05) is 0 Å². The molecule has 2 aromatic carbocycles. The van der Waals surface area contributed by atoms with Gasteiger partial charge in [-0.25, -0.2) is 28.8 Å². The van der Waals surface area contributed by atoms with Crippen LogP contribution >= 0.6 is 0 Å². The molecule has 0 radical (unpaired) electrons. The molecule has 0 bridgehead atoms. The molecule has 0 N–H and O–H groups in total. The first-order valence-electron chi connectivity index (χ1n) is 14.1. The maximum Gasteiger partial charge on any atom is 0.339 e. The molecule has 12 nitrogen and oxygen atoms in total. The number of carbonyl (C=O) groups is 6. The third-order valence-electron chi connectivity index (χ3n) is 5.40. The van der Waals surface area contributed by atoms with E-state index < -0.39 is 35.8 Å². The first-order valence-corrected chi connectivity index (χ1v) is 14.1. The topological polar surface area (TPSA) is 158 Å². The van der Waals surface area contributed by atoms with Gasteiger partial charge in [-0.15, -0.1) is 0 Å². The van der Waals surface area contributed by atoms with Crippen LogP contribution in [-0.2, 0) is 28.4 Å². The Bertz CT molecular complexity index is 1370. The van der Waals surface area contributed by atoms with Crippen LogP contribution in [0.25, 0.3) is 0 Å². The zero-order valence-corrected chi connectivity index (χ0v) is 26.3. The van der Waals surface area contributed by atoms with Crippen LogP contribution in [0.3, 0.4) is 0 Å². The van der Waals surface area contributed by atoms with Crippen LogP contribution in [0, 0.1) is 0 Å². The molecule has 0 aliphatic rings. The minimum atomic E-state index is -0.927. The van der Waals surface area contributed by atoms with Gasteiger partial charge in [0.1, 0.15) is 39.6 Å². The maximum absolute atomic E-state index is 12.4. The van der Waals surface area contributed by atoms with E-state index in [1.165, 1.54) is 48.6 Å². The van der Waals surface area contributed by atoms with E-state index in [9.17, 15) is 28.8 Å². The Labute approximate surface area is 278 Å². The second-order valence-electron chi connectivity index (χ2n) is 8.81. The Hall–Kier alpha value is -6.30. The van der Waals surface area contributed by atoms with Crippen LogP contribution < -0.4 is 0 Å². The normalized spacial score (nSPS) is 9.50. The van der Waals surface area contributed by atoms with Gasteiger partial charge in [-0.3, -0.25) is 0 Å². The molecular weight excluding hydrogens is 624 g/mol. The first kappa shape index (κ1) is 39.7. The molecule has 0 fully saturated rings. The summed E-state index contributed by atoms with van der Waals surface area (Å²) in [6.07, 6.45) is 8.22. The van der Waals surface area contributed by atoms with Gasteiger partial charge in [0.15, 0.2) is 0 Å². The highest BCUT2D eigenvalue weighted by Gasteiger charge is 2.28. The van der Waals surface area contributed by atoms with Crippen LogP contribution in [0.15, 0.2) is 112 Å². The van der Waals surface area contributed by atoms with Crippen molar-refractivity contribution in [1.82, 2.24) is 0 Å². The van der Waals surface area contributed by atoms with Crippen LogP contribution in [0.2, 0.25) is 0 Å². The summed E-state index contributed by atoms with van der Waals surface area (Å²) in [5.74, 6) is -4.87. The first-order chi connectivity index (χ1) is 23.1. The zero-order chi connectivity index (χ0) is 35.9. The van der Waals surface area contributed by atoms with E-state index in [0.29, 0.717) is 0 Å². The molecule has 2 rings (SSSR count). The lowest BCUT2D eigenvalue weighted by Crippen LogP contribution is -2.20. The average Bonchev–Trinajstić information content (AvgIpc) is 3.11. The Morgan fingerprint density at radius 1 is 0.375 bits per heavy atom. The summed E-state index contributed by atoms with van der Waals surface area (Å²) >= 11 is 0. The molecule has 252 valence electrons. The van der Waals surface area contributed by atoms with Crippen LogP contribution in [0.4, 0.5) is 0 Å². The molecule has 0 unspecified atom stereocenters. The number of benzene rings is 2. The molecule has 12 heteroatoms. The Kier molecular flexibility index (Phi) is 18.4. The summed E-state index contributed by atoms with van der Waals surface area (Å²) in [6, 6.07) is 8.35. The molecule has 0 aromatic heterocycles. The lowest BCUT2D eigenvalue weighted by atomic mass is 9.98. The summed E-state index contributed by atoms with van der Waals surface area (Å²) in [6.45, 7) is 20.3. The molecule has 0 saturated heterocycles. The quantitative estimate of drug-likeness (QED) is 0.114. The van der Waals surface area contributed by atoms with Gasteiger partial charge >= 0.3 is 35.8 Å². The Balaban J connectivity index is 0.000000544. The van der Waals surface area contributed by atoms with Gasteiger partial charge in [0.05, 0.1) is 33.4 Å². The number of carbonyl (C=O) groups excluding carboxylic acids is 6. The van der Waals surface area contributed by atoms with Crippen molar-refractivity contribution in [3.8, 4) is 0 Å². The standard InChI is InChI=1S/C22H22O8.C14H14O4/c1-5-9-27-19(23)15-13-17(21(25)29-11-7-3)18(22(26)30-12-8-4)14-16(15)20(24)28-10-6-2;1-3-9-17-13(15)11-7-5-6-8-12(11)14(16)18-10-4-2/h5-8,13-14H,1-4,9-12H2;3-8H,1-2,9-10H2. The van der Waals surface area contributed by atoms with Crippen LogP contribution in [0.5, 0.6) is 0 Å². The summed E-state index contributed by atoms with van der Waals surface area (Å²) in [7, 11) is 0. The van der Waals surface area contributed by atoms with Crippen LogP contribution in [-0.4, -0.2) is 75.5 Å².